The van der Waals surface area contributed by atoms with E-state index in [-0.39, 0.29) is 30.8 Å². The normalized spacial score (nSPS) is 15.2. The molecule has 1 saturated heterocycles. The van der Waals surface area contributed by atoms with Crippen molar-refractivity contribution < 1.29 is 19.1 Å². The maximum absolute atomic E-state index is 13.1. The Kier molecular flexibility index (Phi) is 7.53. The van der Waals surface area contributed by atoms with Crippen molar-refractivity contribution in [2.75, 3.05) is 25.9 Å². The van der Waals surface area contributed by atoms with Crippen LogP contribution in [0.3, 0.4) is 0 Å². The number of amides is 1. The number of fused-ring (bicyclic) bond motifs is 1. The van der Waals surface area contributed by atoms with Crippen molar-refractivity contribution in [2.24, 2.45) is 0 Å². The van der Waals surface area contributed by atoms with Gasteiger partial charge in [0, 0.05) is 30.6 Å². The second kappa shape index (κ2) is 11.3. The van der Waals surface area contributed by atoms with Gasteiger partial charge < -0.3 is 20.1 Å². The van der Waals surface area contributed by atoms with Gasteiger partial charge >= 0.3 is 5.97 Å². The zero-order valence-corrected chi connectivity index (χ0v) is 21.7. The number of likely N-dealkylation sites (tertiary alicyclic amines) is 1. The Morgan fingerprint density at radius 2 is 1.79 bits per heavy atom. The molecule has 1 fully saturated rings. The first-order chi connectivity index (χ1) is 18.9. The lowest BCUT2D eigenvalue weighted by Crippen LogP contribution is -2.41. The number of ether oxygens (including phenoxy) is 2. The predicted octanol–water partition coefficient (Wildman–Crippen LogP) is 4.54. The Bertz CT molecular complexity index is 1500. The quantitative estimate of drug-likeness (QED) is 0.262. The van der Waals surface area contributed by atoms with Gasteiger partial charge in [0.05, 0.1) is 18.5 Å². The first-order valence-corrected chi connectivity index (χ1v) is 12.8. The van der Waals surface area contributed by atoms with Crippen LogP contribution in [-0.2, 0) is 14.3 Å². The third-order valence-electron chi connectivity index (χ3n) is 6.82. The number of piperidine rings is 1. The minimum absolute atomic E-state index is 0.109. The summed E-state index contributed by atoms with van der Waals surface area (Å²) in [7, 11) is 1.33. The Morgan fingerprint density at radius 1 is 1.05 bits per heavy atom. The van der Waals surface area contributed by atoms with Crippen LogP contribution in [0.5, 0.6) is 11.5 Å². The fourth-order valence-electron chi connectivity index (χ4n) is 4.78. The molecule has 39 heavy (non-hydrogen) atoms. The highest BCUT2D eigenvalue weighted by Crippen LogP contribution is 2.35. The van der Waals surface area contributed by atoms with E-state index in [1.807, 2.05) is 59.3 Å². The van der Waals surface area contributed by atoms with E-state index in [1.165, 1.54) is 13.4 Å². The number of esters is 1. The molecule has 2 aromatic carbocycles. The van der Waals surface area contributed by atoms with Crippen molar-refractivity contribution in [1.82, 2.24) is 24.6 Å². The Balaban J connectivity index is 1.39. The van der Waals surface area contributed by atoms with Crippen LogP contribution >= 0.6 is 0 Å². The summed E-state index contributed by atoms with van der Waals surface area (Å²) in [6, 6.07) is 17.1. The standard InChI is InChI=1S/C29H30N6O4/c1-19(10-15-24(36)38-2)29(37)34-16-6-7-21(17-34)35-28-25(27(30)31-18-32-28)26(33-35)20-11-13-23(14-12-20)39-22-8-4-3-5-9-22/h3-5,8-9,11-14,18,21H,1,6-7,10,15-17H2,2H3,(H2,30,31,32)/t21-/m1/s1. The lowest BCUT2D eigenvalue weighted by Gasteiger charge is -2.33. The summed E-state index contributed by atoms with van der Waals surface area (Å²) in [6.45, 7) is 4.96. The van der Waals surface area contributed by atoms with Crippen molar-refractivity contribution in [3.05, 3.63) is 73.1 Å². The summed E-state index contributed by atoms with van der Waals surface area (Å²) in [4.78, 5) is 35.1. The van der Waals surface area contributed by atoms with Crippen LogP contribution < -0.4 is 10.5 Å². The van der Waals surface area contributed by atoms with Gasteiger partial charge in [0.2, 0.25) is 5.91 Å². The second-order valence-electron chi connectivity index (χ2n) is 9.42. The molecule has 4 aromatic rings. The van der Waals surface area contributed by atoms with E-state index < -0.39 is 0 Å². The molecule has 0 bridgehead atoms. The number of benzene rings is 2. The molecule has 1 amide bonds. The third-order valence-corrected chi connectivity index (χ3v) is 6.82. The van der Waals surface area contributed by atoms with Crippen LogP contribution in [0.25, 0.3) is 22.3 Å². The number of hydrogen-bond acceptors (Lipinski definition) is 8. The maximum Gasteiger partial charge on any atom is 0.305 e. The van der Waals surface area contributed by atoms with Gasteiger partial charge in [0.25, 0.3) is 0 Å². The number of nitrogens with zero attached hydrogens (tertiary/aromatic N) is 5. The van der Waals surface area contributed by atoms with E-state index in [2.05, 4.69) is 21.3 Å². The fraction of sp³-hybridized carbons (Fsp3) is 0.276. The minimum atomic E-state index is -0.368. The second-order valence-corrected chi connectivity index (χ2v) is 9.42. The molecule has 3 heterocycles. The van der Waals surface area contributed by atoms with Gasteiger partial charge in [-0.1, -0.05) is 24.8 Å². The van der Waals surface area contributed by atoms with Crippen LogP contribution in [0.2, 0.25) is 0 Å². The molecule has 1 aliphatic heterocycles. The van der Waals surface area contributed by atoms with Gasteiger partial charge in [-0.05, 0) is 55.7 Å². The number of nitrogen functional groups attached to an aromatic ring is 1. The van der Waals surface area contributed by atoms with Crippen molar-refractivity contribution in [1.29, 1.82) is 0 Å². The molecule has 0 radical (unpaired) electrons. The molecule has 10 nitrogen and oxygen atoms in total. The van der Waals surface area contributed by atoms with Crippen molar-refractivity contribution >= 4 is 28.7 Å². The molecule has 0 aliphatic carbocycles. The molecule has 2 aromatic heterocycles. The molecular weight excluding hydrogens is 496 g/mol. The van der Waals surface area contributed by atoms with Crippen LogP contribution in [-0.4, -0.2) is 56.7 Å². The molecule has 0 unspecified atom stereocenters. The number of methoxy groups -OCH3 is 1. The molecular formula is C29H30N6O4. The first-order valence-electron chi connectivity index (χ1n) is 12.8. The number of nitrogens with two attached hydrogens (primary N) is 1. The van der Waals surface area contributed by atoms with Gasteiger partial charge in [0.15, 0.2) is 5.65 Å². The highest BCUT2D eigenvalue weighted by atomic mass is 16.5. The summed E-state index contributed by atoms with van der Waals surface area (Å²) in [5.74, 6) is 1.26. The average Bonchev–Trinajstić information content (AvgIpc) is 3.37. The maximum atomic E-state index is 13.1. The number of rotatable bonds is 8. The predicted molar refractivity (Wildman–Crippen MR) is 147 cm³/mol. The highest BCUT2D eigenvalue weighted by molar-refractivity contribution is 5.98. The number of hydrogen-bond donors (Lipinski definition) is 1. The minimum Gasteiger partial charge on any atom is -0.469 e. The molecule has 1 aliphatic rings. The summed E-state index contributed by atoms with van der Waals surface area (Å²) in [5.41, 5.74) is 8.83. The SMILES string of the molecule is C=C(CCC(=O)OC)C(=O)N1CCC[C@@H](n2nc(-c3ccc(Oc4ccccc4)cc3)c3c(N)ncnc32)C1. The summed E-state index contributed by atoms with van der Waals surface area (Å²) in [5, 5.41) is 5.61. The van der Waals surface area contributed by atoms with Crippen molar-refractivity contribution in [2.45, 2.75) is 31.7 Å². The number of carbonyl (C=O) groups excluding carboxylic acids is 2. The molecule has 0 saturated carbocycles. The zero-order chi connectivity index (χ0) is 27.4. The monoisotopic (exact) mass is 526 g/mol. The van der Waals surface area contributed by atoms with E-state index in [1.54, 1.807) is 4.90 Å². The van der Waals surface area contributed by atoms with Crippen LogP contribution in [0.15, 0.2) is 73.1 Å². The molecule has 10 heteroatoms. The summed E-state index contributed by atoms with van der Waals surface area (Å²) in [6.07, 6.45) is 3.43. The number of aromatic nitrogens is 4. The van der Waals surface area contributed by atoms with Gasteiger partial charge in [-0.3, -0.25) is 9.59 Å². The molecule has 0 spiro atoms. The van der Waals surface area contributed by atoms with Crippen LogP contribution in [0.1, 0.15) is 31.7 Å². The zero-order valence-electron chi connectivity index (χ0n) is 21.7. The number of carbonyl (C=O) groups is 2. The lowest BCUT2D eigenvalue weighted by atomic mass is 10.0. The van der Waals surface area contributed by atoms with Crippen LogP contribution in [0, 0.1) is 0 Å². The Hall–Kier alpha value is -4.73. The Labute approximate surface area is 226 Å². The van der Waals surface area contributed by atoms with E-state index >= 15 is 0 Å². The highest BCUT2D eigenvalue weighted by Gasteiger charge is 2.29. The van der Waals surface area contributed by atoms with Gasteiger partial charge in [-0.15, -0.1) is 0 Å². The molecule has 200 valence electrons. The largest absolute Gasteiger partial charge is 0.469 e. The van der Waals surface area contributed by atoms with Gasteiger partial charge in [0.1, 0.15) is 29.3 Å². The van der Waals surface area contributed by atoms with Crippen molar-refractivity contribution in [3.8, 4) is 22.8 Å². The molecule has 1 atom stereocenters. The summed E-state index contributed by atoms with van der Waals surface area (Å²) >= 11 is 0. The number of para-hydroxylation sites is 1. The summed E-state index contributed by atoms with van der Waals surface area (Å²) < 4.78 is 12.5. The van der Waals surface area contributed by atoms with E-state index in [0.29, 0.717) is 47.0 Å². The number of anilines is 1. The average molecular weight is 527 g/mol. The third kappa shape index (κ3) is 5.59. The molecule has 2 N–H and O–H groups in total. The van der Waals surface area contributed by atoms with E-state index in [0.717, 1.165) is 24.2 Å². The van der Waals surface area contributed by atoms with Crippen molar-refractivity contribution in [3.63, 3.8) is 0 Å². The van der Waals surface area contributed by atoms with Gasteiger partial charge in [-0.2, -0.15) is 5.10 Å². The van der Waals surface area contributed by atoms with Gasteiger partial charge in [-0.25, -0.2) is 14.6 Å². The fourth-order valence-corrected chi connectivity index (χ4v) is 4.78. The smallest absolute Gasteiger partial charge is 0.305 e. The topological polar surface area (TPSA) is 125 Å². The van der Waals surface area contributed by atoms with E-state index in [9.17, 15) is 9.59 Å². The lowest BCUT2D eigenvalue weighted by molar-refractivity contribution is -0.140. The first kappa shape index (κ1) is 25.9. The Morgan fingerprint density at radius 3 is 2.54 bits per heavy atom. The van der Waals surface area contributed by atoms with E-state index in [4.69, 9.17) is 15.6 Å². The van der Waals surface area contributed by atoms with Crippen LogP contribution in [0.4, 0.5) is 5.82 Å². The molecule has 5 rings (SSSR count).